The lowest BCUT2D eigenvalue weighted by atomic mass is 10.1. The molecule has 3 rings (SSSR count). The van der Waals surface area contributed by atoms with Crippen molar-refractivity contribution < 1.29 is 14.2 Å². The minimum atomic E-state index is -0.163. The molecular formula is C14H19N5O3. The van der Waals surface area contributed by atoms with Crippen molar-refractivity contribution in [1.29, 1.82) is 0 Å². The number of para-hydroxylation sites is 1. The maximum atomic E-state index is 5.71. The summed E-state index contributed by atoms with van der Waals surface area (Å²) < 4.78 is 16.5. The highest BCUT2D eigenvalue weighted by Crippen LogP contribution is 2.32. The van der Waals surface area contributed by atoms with Crippen LogP contribution in [-0.4, -0.2) is 59.4 Å². The van der Waals surface area contributed by atoms with Crippen molar-refractivity contribution in [3.63, 3.8) is 0 Å². The van der Waals surface area contributed by atoms with E-state index in [2.05, 4.69) is 25.5 Å². The predicted molar refractivity (Wildman–Crippen MR) is 77.7 cm³/mol. The number of nitrogens with zero attached hydrogens (tertiary/aromatic N) is 4. The molecule has 8 nitrogen and oxygen atoms in total. The summed E-state index contributed by atoms with van der Waals surface area (Å²) in [4.78, 5) is 2.28. The third-order valence-electron chi connectivity index (χ3n) is 3.68. The first-order valence-electron chi connectivity index (χ1n) is 7.09. The topological polar surface area (TPSA) is 85.4 Å². The molecule has 22 heavy (non-hydrogen) atoms. The fourth-order valence-corrected chi connectivity index (χ4v) is 2.63. The summed E-state index contributed by atoms with van der Waals surface area (Å²) in [5.41, 5.74) is 1.08. The minimum Gasteiger partial charge on any atom is -0.493 e. The van der Waals surface area contributed by atoms with E-state index in [-0.39, 0.29) is 6.10 Å². The average Bonchev–Trinajstić information content (AvgIpc) is 3.09. The molecule has 1 aliphatic heterocycles. The SMILES string of the molecule is COc1cccc(CN2CCOC(c3nn[nH]n3)C2)c1OC. The molecule has 1 aromatic heterocycles. The van der Waals surface area contributed by atoms with Gasteiger partial charge in [-0.3, -0.25) is 4.90 Å². The quantitative estimate of drug-likeness (QED) is 0.874. The van der Waals surface area contributed by atoms with Gasteiger partial charge >= 0.3 is 0 Å². The second kappa shape index (κ2) is 6.71. The third-order valence-corrected chi connectivity index (χ3v) is 3.68. The maximum Gasteiger partial charge on any atom is 0.204 e. The lowest BCUT2D eigenvalue weighted by molar-refractivity contribution is -0.0373. The molecule has 118 valence electrons. The summed E-state index contributed by atoms with van der Waals surface area (Å²) >= 11 is 0. The molecule has 1 atom stereocenters. The largest absolute Gasteiger partial charge is 0.493 e. The summed E-state index contributed by atoms with van der Waals surface area (Å²) in [7, 11) is 3.30. The number of hydrogen-bond acceptors (Lipinski definition) is 7. The molecule has 2 aromatic rings. The van der Waals surface area contributed by atoms with Crippen LogP contribution in [0.1, 0.15) is 17.5 Å². The van der Waals surface area contributed by atoms with Crippen LogP contribution in [0.25, 0.3) is 0 Å². The number of methoxy groups -OCH3 is 2. The number of aromatic nitrogens is 4. The molecule has 0 saturated carbocycles. The van der Waals surface area contributed by atoms with Gasteiger partial charge in [-0.2, -0.15) is 5.21 Å². The molecule has 0 spiro atoms. The van der Waals surface area contributed by atoms with E-state index in [1.165, 1.54) is 0 Å². The zero-order valence-electron chi connectivity index (χ0n) is 12.7. The van der Waals surface area contributed by atoms with Crippen LogP contribution >= 0.6 is 0 Å². The molecule has 0 amide bonds. The molecule has 1 aromatic carbocycles. The average molecular weight is 305 g/mol. The number of hydrogen-bond donors (Lipinski definition) is 1. The smallest absolute Gasteiger partial charge is 0.204 e. The van der Waals surface area contributed by atoms with Crippen molar-refractivity contribution in [2.45, 2.75) is 12.6 Å². The van der Waals surface area contributed by atoms with Crippen LogP contribution in [-0.2, 0) is 11.3 Å². The number of benzene rings is 1. The lowest BCUT2D eigenvalue weighted by Crippen LogP contribution is -2.38. The summed E-state index contributed by atoms with van der Waals surface area (Å²) in [6.45, 7) is 2.93. The Morgan fingerprint density at radius 1 is 1.36 bits per heavy atom. The molecule has 1 unspecified atom stereocenters. The van der Waals surface area contributed by atoms with E-state index in [9.17, 15) is 0 Å². The Morgan fingerprint density at radius 2 is 2.27 bits per heavy atom. The molecule has 2 heterocycles. The van der Waals surface area contributed by atoms with Gasteiger partial charge in [0.15, 0.2) is 11.5 Å². The highest BCUT2D eigenvalue weighted by Gasteiger charge is 2.26. The Morgan fingerprint density at radius 3 is 3.00 bits per heavy atom. The van der Waals surface area contributed by atoms with E-state index in [0.717, 1.165) is 30.2 Å². The van der Waals surface area contributed by atoms with Gasteiger partial charge in [-0.1, -0.05) is 17.3 Å². The van der Waals surface area contributed by atoms with Gasteiger partial charge in [0, 0.05) is 25.2 Å². The van der Waals surface area contributed by atoms with E-state index < -0.39 is 0 Å². The maximum absolute atomic E-state index is 5.71. The Balaban J connectivity index is 1.73. The van der Waals surface area contributed by atoms with E-state index in [0.29, 0.717) is 19.0 Å². The van der Waals surface area contributed by atoms with Crippen LogP contribution in [0.15, 0.2) is 18.2 Å². The summed E-state index contributed by atoms with van der Waals surface area (Å²) in [6.07, 6.45) is -0.163. The Hall–Kier alpha value is -2.19. The second-order valence-electron chi connectivity index (χ2n) is 5.02. The van der Waals surface area contributed by atoms with Gasteiger partial charge in [0.05, 0.1) is 20.8 Å². The predicted octanol–water partition coefficient (Wildman–Crippen LogP) is 0.790. The highest BCUT2D eigenvalue weighted by molar-refractivity contribution is 5.46. The van der Waals surface area contributed by atoms with Gasteiger partial charge in [0.1, 0.15) is 6.10 Å². The van der Waals surface area contributed by atoms with Crippen molar-refractivity contribution in [1.82, 2.24) is 25.5 Å². The Labute approximate surface area is 128 Å². The van der Waals surface area contributed by atoms with Crippen LogP contribution in [0, 0.1) is 0 Å². The normalized spacial score (nSPS) is 19.1. The number of ether oxygens (including phenoxy) is 3. The van der Waals surface area contributed by atoms with Gasteiger partial charge in [-0.15, -0.1) is 10.2 Å². The van der Waals surface area contributed by atoms with Crippen LogP contribution in [0.5, 0.6) is 11.5 Å². The summed E-state index contributed by atoms with van der Waals surface area (Å²) in [5, 5.41) is 14.0. The van der Waals surface area contributed by atoms with Crippen LogP contribution < -0.4 is 9.47 Å². The van der Waals surface area contributed by atoms with Crippen molar-refractivity contribution >= 4 is 0 Å². The number of H-pyrrole nitrogens is 1. The minimum absolute atomic E-state index is 0.163. The van der Waals surface area contributed by atoms with Crippen LogP contribution in [0.4, 0.5) is 0 Å². The van der Waals surface area contributed by atoms with Crippen molar-refractivity contribution in [2.24, 2.45) is 0 Å². The van der Waals surface area contributed by atoms with Crippen LogP contribution in [0.3, 0.4) is 0 Å². The fraction of sp³-hybridized carbons (Fsp3) is 0.500. The van der Waals surface area contributed by atoms with E-state index >= 15 is 0 Å². The van der Waals surface area contributed by atoms with E-state index in [1.807, 2.05) is 18.2 Å². The van der Waals surface area contributed by atoms with Crippen molar-refractivity contribution in [2.75, 3.05) is 33.9 Å². The molecule has 1 saturated heterocycles. The Kier molecular flexibility index (Phi) is 4.50. The van der Waals surface area contributed by atoms with Crippen molar-refractivity contribution in [3.05, 3.63) is 29.6 Å². The zero-order chi connectivity index (χ0) is 15.4. The standard InChI is InChI=1S/C14H19N5O3/c1-20-11-5-3-4-10(13(11)21-2)8-19-6-7-22-12(9-19)14-15-17-18-16-14/h3-5,12H,6-9H2,1-2H3,(H,15,16,17,18). The molecule has 0 bridgehead atoms. The molecule has 0 aliphatic carbocycles. The molecular weight excluding hydrogens is 286 g/mol. The second-order valence-corrected chi connectivity index (χ2v) is 5.02. The molecule has 1 aliphatic rings. The van der Waals surface area contributed by atoms with E-state index in [4.69, 9.17) is 14.2 Å². The third kappa shape index (κ3) is 3.02. The van der Waals surface area contributed by atoms with Gasteiger partial charge < -0.3 is 14.2 Å². The number of nitrogens with one attached hydrogen (secondary N) is 1. The first-order chi connectivity index (χ1) is 10.8. The molecule has 1 fully saturated rings. The monoisotopic (exact) mass is 305 g/mol. The summed E-state index contributed by atoms with van der Waals surface area (Å²) in [5.74, 6) is 2.10. The van der Waals surface area contributed by atoms with E-state index in [1.54, 1.807) is 14.2 Å². The van der Waals surface area contributed by atoms with Crippen molar-refractivity contribution in [3.8, 4) is 11.5 Å². The first kappa shape index (κ1) is 14.7. The van der Waals surface area contributed by atoms with Gasteiger partial charge in [0.2, 0.25) is 5.82 Å². The van der Waals surface area contributed by atoms with Gasteiger partial charge in [0.25, 0.3) is 0 Å². The van der Waals surface area contributed by atoms with Gasteiger partial charge in [-0.25, -0.2) is 0 Å². The number of tetrazole rings is 1. The number of aromatic amines is 1. The van der Waals surface area contributed by atoms with Crippen LogP contribution in [0.2, 0.25) is 0 Å². The summed E-state index contributed by atoms with van der Waals surface area (Å²) in [6, 6.07) is 5.90. The van der Waals surface area contributed by atoms with Gasteiger partial charge in [-0.05, 0) is 6.07 Å². The molecule has 1 N–H and O–H groups in total. The first-order valence-corrected chi connectivity index (χ1v) is 7.09. The molecule has 0 radical (unpaired) electrons. The molecule has 8 heteroatoms. The highest BCUT2D eigenvalue weighted by atomic mass is 16.5. The lowest BCUT2D eigenvalue weighted by Gasteiger charge is -2.31. The Bertz CT molecular complexity index is 605. The fourth-order valence-electron chi connectivity index (χ4n) is 2.63. The zero-order valence-corrected chi connectivity index (χ0v) is 12.7. The number of rotatable bonds is 5. The number of morpholine rings is 1.